The molecule has 1 saturated carbocycles. The Bertz CT molecular complexity index is 458. The lowest BCUT2D eigenvalue weighted by molar-refractivity contribution is -0.134. The number of likely N-dealkylation sites (N-methyl/N-ethyl adjacent to an activating group) is 2. The third-order valence-electron chi connectivity index (χ3n) is 4.89. The van der Waals surface area contributed by atoms with Crippen molar-refractivity contribution in [1.82, 2.24) is 9.80 Å². The van der Waals surface area contributed by atoms with Crippen LogP contribution in [0.3, 0.4) is 0 Å². The molecular weight excluding hydrogens is 288 g/mol. The Labute approximate surface area is 128 Å². The standard InChI is InChI=1S/C15H28N2O3S/c1-3-17(14-9-10-21(19,20)12-14)15(18)11-16(2)13-7-5-4-6-8-13/h13-14H,3-12H2,1-2H3. The molecule has 1 aliphatic carbocycles. The molecule has 2 aliphatic rings. The molecule has 0 radical (unpaired) electrons. The molecule has 5 nitrogen and oxygen atoms in total. The highest BCUT2D eigenvalue weighted by atomic mass is 32.2. The summed E-state index contributed by atoms with van der Waals surface area (Å²) >= 11 is 0. The highest BCUT2D eigenvalue weighted by molar-refractivity contribution is 7.91. The molecule has 1 unspecified atom stereocenters. The average molecular weight is 316 g/mol. The minimum Gasteiger partial charge on any atom is -0.338 e. The van der Waals surface area contributed by atoms with Gasteiger partial charge in [-0.05, 0) is 33.2 Å². The van der Waals surface area contributed by atoms with Crippen molar-refractivity contribution in [2.75, 3.05) is 31.6 Å². The molecule has 21 heavy (non-hydrogen) atoms. The molecule has 1 saturated heterocycles. The van der Waals surface area contributed by atoms with Gasteiger partial charge in [-0.1, -0.05) is 19.3 Å². The Hall–Kier alpha value is -0.620. The Morgan fingerprint density at radius 2 is 1.76 bits per heavy atom. The number of amides is 1. The molecule has 0 aromatic heterocycles. The fourth-order valence-electron chi connectivity index (χ4n) is 3.61. The van der Waals surface area contributed by atoms with Gasteiger partial charge in [0, 0.05) is 18.6 Å². The van der Waals surface area contributed by atoms with E-state index < -0.39 is 9.84 Å². The van der Waals surface area contributed by atoms with Crippen LogP contribution in [0.4, 0.5) is 0 Å². The summed E-state index contributed by atoms with van der Waals surface area (Å²) in [5, 5.41) is 0. The van der Waals surface area contributed by atoms with E-state index >= 15 is 0 Å². The summed E-state index contributed by atoms with van der Waals surface area (Å²) in [6.45, 7) is 2.94. The number of carbonyl (C=O) groups excluding carboxylic acids is 1. The predicted octanol–water partition coefficient (Wildman–Crippen LogP) is 1.29. The van der Waals surface area contributed by atoms with Crippen LogP contribution in [-0.4, -0.2) is 67.9 Å². The van der Waals surface area contributed by atoms with Crippen LogP contribution in [0.25, 0.3) is 0 Å². The first kappa shape index (κ1) is 16.7. The first-order valence-corrected chi connectivity index (χ1v) is 9.95. The van der Waals surface area contributed by atoms with Crippen molar-refractivity contribution < 1.29 is 13.2 Å². The van der Waals surface area contributed by atoms with Crippen LogP contribution in [-0.2, 0) is 14.6 Å². The fraction of sp³-hybridized carbons (Fsp3) is 0.933. The van der Waals surface area contributed by atoms with Gasteiger partial charge in [-0.15, -0.1) is 0 Å². The molecule has 1 amide bonds. The van der Waals surface area contributed by atoms with Gasteiger partial charge in [0.05, 0.1) is 18.1 Å². The Morgan fingerprint density at radius 1 is 1.10 bits per heavy atom. The molecule has 0 spiro atoms. The maximum Gasteiger partial charge on any atom is 0.237 e. The number of sulfone groups is 1. The van der Waals surface area contributed by atoms with E-state index in [0.29, 0.717) is 25.6 Å². The molecule has 1 heterocycles. The normalized spacial score (nSPS) is 26.1. The van der Waals surface area contributed by atoms with E-state index in [1.807, 2.05) is 14.0 Å². The number of hydrogen-bond donors (Lipinski definition) is 0. The molecular formula is C15H28N2O3S. The zero-order valence-electron chi connectivity index (χ0n) is 13.3. The van der Waals surface area contributed by atoms with Crippen molar-refractivity contribution >= 4 is 15.7 Å². The van der Waals surface area contributed by atoms with Crippen molar-refractivity contribution in [3.05, 3.63) is 0 Å². The molecule has 0 aromatic carbocycles. The maximum atomic E-state index is 12.5. The van der Waals surface area contributed by atoms with Gasteiger partial charge in [0.25, 0.3) is 0 Å². The van der Waals surface area contributed by atoms with Gasteiger partial charge in [0.15, 0.2) is 9.84 Å². The van der Waals surface area contributed by atoms with Crippen LogP contribution in [0.5, 0.6) is 0 Å². The van der Waals surface area contributed by atoms with Gasteiger partial charge in [0.1, 0.15) is 0 Å². The molecule has 0 bridgehead atoms. The van der Waals surface area contributed by atoms with E-state index in [2.05, 4.69) is 4.90 Å². The van der Waals surface area contributed by atoms with Crippen molar-refractivity contribution in [3.8, 4) is 0 Å². The first-order valence-electron chi connectivity index (χ1n) is 8.13. The number of rotatable bonds is 5. The van der Waals surface area contributed by atoms with E-state index in [1.54, 1.807) is 4.90 Å². The second-order valence-corrected chi connectivity index (χ2v) is 8.67. The van der Waals surface area contributed by atoms with Crippen LogP contribution in [0.15, 0.2) is 0 Å². The van der Waals surface area contributed by atoms with Crippen LogP contribution in [0, 0.1) is 0 Å². The summed E-state index contributed by atoms with van der Waals surface area (Å²) in [6.07, 6.45) is 6.75. The van der Waals surface area contributed by atoms with E-state index in [-0.39, 0.29) is 23.5 Å². The second-order valence-electron chi connectivity index (χ2n) is 6.44. The summed E-state index contributed by atoms with van der Waals surface area (Å²) in [5.41, 5.74) is 0. The Balaban J connectivity index is 1.90. The SMILES string of the molecule is CCN(C(=O)CN(C)C1CCCCC1)C1CCS(=O)(=O)C1. The highest BCUT2D eigenvalue weighted by Gasteiger charge is 2.34. The molecule has 2 fully saturated rings. The third kappa shape index (κ3) is 4.42. The van der Waals surface area contributed by atoms with E-state index in [9.17, 15) is 13.2 Å². The summed E-state index contributed by atoms with van der Waals surface area (Å²) in [4.78, 5) is 16.4. The Kier molecular flexibility index (Phi) is 5.66. The Morgan fingerprint density at radius 3 is 2.29 bits per heavy atom. The molecule has 0 N–H and O–H groups in total. The zero-order chi connectivity index (χ0) is 15.5. The quantitative estimate of drug-likeness (QED) is 0.767. The van der Waals surface area contributed by atoms with Crippen LogP contribution < -0.4 is 0 Å². The van der Waals surface area contributed by atoms with Gasteiger partial charge in [-0.3, -0.25) is 9.69 Å². The summed E-state index contributed by atoms with van der Waals surface area (Å²) < 4.78 is 23.2. The van der Waals surface area contributed by atoms with Gasteiger partial charge < -0.3 is 4.90 Å². The van der Waals surface area contributed by atoms with Gasteiger partial charge >= 0.3 is 0 Å². The van der Waals surface area contributed by atoms with E-state index in [0.717, 1.165) is 0 Å². The highest BCUT2D eigenvalue weighted by Crippen LogP contribution is 2.22. The molecule has 0 aromatic rings. The topological polar surface area (TPSA) is 57.7 Å². The molecule has 1 atom stereocenters. The monoisotopic (exact) mass is 316 g/mol. The maximum absolute atomic E-state index is 12.5. The van der Waals surface area contributed by atoms with Crippen LogP contribution in [0.2, 0.25) is 0 Å². The van der Waals surface area contributed by atoms with Crippen molar-refractivity contribution in [2.45, 2.75) is 57.5 Å². The van der Waals surface area contributed by atoms with Crippen LogP contribution in [0.1, 0.15) is 45.4 Å². The van der Waals surface area contributed by atoms with Gasteiger partial charge in [-0.25, -0.2) is 8.42 Å². The summed E-state index contributed by atoms with van der Waals surface area (Å²) in [7, 11) is -0.920. The summed E-state index contributed by atoms with van der Waals surface area (Å²) in [6, 6.07) is 0.390. The van der Waals surface area contributed by atoms with E-state index in [1.165, 1.54) is 32.1 Å². The molecule has 2 rings (SSSR count). The number of carbonyl (C=O) groups is 1. The predicted molar refractivity (Wildman–Crippen MR) is 83.9 cm³/mol. The number of hydrogen-bond acceptors (Lipinski definition) is 4. The van der Waals surface area contributed by atoms with Gasteiger partial charge in [0.2, 0.25) is 5.91 Å². The zero-order valence-corrected chi connectivity index (χ0v) is 14.1. The number of nitrogens with zero attached hydrogens (tertiary/aromatic N) is 2. The lowest BCUT2D eigenvalue weighted by atomic mass is 9.94. The second kappa shape index (κ2) is 7.09. The van der Waals surface area contributed by atoms with E-state index in [4.69, 9.17) is 0 Å². The minimum atomic E-state index is -2.94. The largest absolute Gasteiger partial charge is 0.338 e. The lowest BCUT2D eigenvalue weighted by Crippen LogP contribution is -2.47. The lowest BCUT2D eigenvalue weighted by Gasteiger charge is -2.34. The molecule has 122 valence electrons. The van der Waals surface area contributed by atoms with Crippen molar-refractivity contribution in [2.24, 2.45) is 0 Å². The van der Waals surface area contributed by atoms with Gasteiger partial charge in [-0.2, -0.15) is 0 Å². The fourth-order valence-corrected chi connectivity index (χ4v) is 5.35. The van der Waals surface area contributed by atoms with Crippen molar-refractivity contribution in [1.29, 1.82) is 0 Å². The first-order chi connectivity index (χ1) is 9.93. The molecule has 1 aliphatic heterocycles. The summed E-state index contributed by atoms with van der Waals surface area (Å²) in [5.74, 6) is 0.437. The smallest absolute Gasteiger partial charge is 0.237 e. The average Bonchev–Trinajstić information content (AvgIpc) is 2.80. The van der Waals surface area contributed by atoms with Crippen LogP contribution >= 0.6 is 0 Å². The molecule has 6 heteroatoms. The van der Waals surface area contributed by atoms with Crippen molar-refractivity contribution in [3.63, 3.8) is 0 Å². The minimum absolute atomic E-state index is 0.0765. The third-order valence-corrected chi connectivity index (χ3v) is 6.64.